The zero-order valence-electron chi connectivity index (χ0n) is 9.91. The summed E-state index contributed by atoms with van der Waals surface area (Å²) in [5.41, 5.74) is 1.62. The molecule has 2 nitrogen and oxygen atoms in total. The van der Waals surface area contributed by atoms with E-state index in [9.17, 15) is 4.39 Å². The first kappa shape index (κ1) is 12.7. The Morgan fingerprint density at radius 2 is 2.06 bits per heavy atom. The molecule has 0 aliphatic rings. The number of benzene rings is 2. The van der Waals surface area contributed by atoms with Crippen LogP contribution in [0.15, 0.2) is 42.5 Å². The van der Waals surface area contributed by atoms with Crippen molar-refractivity contribution < 1.29 is 9.13 Å². The largest absolute Gasteiger partial charge is 0.497 e. The monoisotopic (exact) mass is 265 g/mol. The molecule has 2 aromatic rings. The summed E-state index contributed by atoms with van der Waals surface area (Å²) in [5.74, 6) is 0.479. The van der Waals surface area contributed by atoms with Gasteiger partial charge in [0.05, 0.1) is 7.11 Å². The summed E-state index contributed by atoms with van der Waals surface area (Å²) in [4.78, 5) is 0. The van der Waals surface area contributed by atoms with Gasteiger partial charge >= 0.3 is 0 Å². The number of nitrogens with one attached hydrogen (secondary N) is 1. The predicted molar refractivity (Wildman–Crippen MR) is 71.7 cm³/mol. The quantitative estimate of drug-likeness (QED) is 0.899. The van der Waals surface area contributed by atoms with Gasteiger partial charge in [-0.3, -0.25) is 0 Å². The number of hydrogen-bond donors (Lipinski definition) is 1. The van der Waals surface area contributed by atoms with Gasteiger partial charge in [-0.25, -0.2) is 4.39 Å². The van der Waals surface area contributed by atoms with E-state index in [1.807, 2.05) is 24.3 Å². The van der Waals surface area contributed by atoms with Gasteiger partial charge in [0.25, 0.3) is 0 Å². The summed E-state index contributed by atoms with van der Waals surface area (Å²) in [6.07, 6.45) is 0. The topological polar surface area (TPSA) is 21.3 Å². The van der Waals surface area contributed by atoms with Crippen LogP contribution in [-0.2, 0) is 6.54 Å². The maximum absolute atomic E-state index is 13.1. The second kappa shape index (κ2) is 5.74. The molecule has 2 aromatic carbocycles. The zero-order valence-corrected chi connectivity index (χ0v) is 10.7. The third-order valence-electron chi connectivity index (χ3n) is 2.56. The lowest BCUT2D eigenvalue weighted by Gasteiger charge is -2.09. The van der Waals surface area contributed by atoms with Crippen molar-refractivity contribution in [2.45, 2.75) is 6.54 Å². The highest BCUT2D eigenvalue weighted by atomic mass is 35.5. The molecule has 0 fully saturated rings. The minimum Gasteiger partial charge on any atom is -0.497 e. The summed E-state index contributed by atoms with van der Waals surface area (Å²) in [7, 11) is 1.61. The van der Waals surface area contributed by atoms with E-state index >= 15 is 0 Å². The van der Waals surface area contributed by atoms with Crippen molar-refractivity contribution in [1.82, 2.24) is 0 Å². The van der Waals surface area contributed by atoms with E-state index in [0.29, 0.717) is 11.6 Å². The highest BCUT2D eigenvalue weighted by Crippen LogP contribution is 2.20. The molecule has 1 N–H and O–H groups in total. The molecule has 0 amide bonds. The van der Waals surface area contributed by atoms with Crippen LogP contribution in [0, 0.1) is 5.82 Å². The standard InChI is InChI=1S/C14H13ClFNO/c1-18-13-4-2-3-12(8-13)17-9-10-7-11(16)5-6-14(10)15/h2-8,17H,9H2,1H3. The number of methoxy groups -OCH3 is 1. The van der Waals surface area contributed by atoms with Crippen molar-refractivity contribution in [2.24, 2.45) is 0 Å². The Morgan fingerprint density at radius 1 is 1.22 bits per heavy atom. The van der Waals surface area contributed by atoms with Gasteiger partial charge in [-0.1, -0.05) is 17.7 Å². The summed E-state index contributed by atoms with van der Waals surface area (Å²) in [6.45, 7) is 0.462. The first-order valence-electron chi connectivity index (χ1n) is 5.51. The number of halogens is 2. The van der Waals surface area contributed by atoms with Gasteiger partial charge < -0.3 is 10.1 Å². The molecule has 0 bridgehead atoms. The van der Waals surface area contributed by atoms with E-state index < -0.39 is 0 Å². The van der Waals surface area contributed by atoms with Crippen molar-refractivity contribution in [3.8, 4) is 5.75 Å². The molecular weight excluding hydrogens is 253 g/mol. The Morgan fingerprint density at radius 3 is 2.83 bits per heavy atom. The Hall–Kier alpha value is -1.74. The summed E-state index contributed by atoms with van der Waals surface area (Å²) in [6, 6.07) is 11.9. The maximum Gasteiger partial charge on any atom is 0.123 e. The van der Waals surface area contributed by atoms with Crippen LogP contribution < -0.4 is 10.1 Å². The molecule has 0 atom stereocenters. The van der Waals surface area contributed by atoms with Crippen LogP contribution >= 0.6 is 11.6 Å². The van der Waals surface area contributed by atoms with Crippen molar-refractivity contribution in [1.29, 1.82) is 0 Å². The van der Waals surface area contributed by atoms with E-state index in [1.54, 1.807) is 13.2 Å². The fraction of sp³-hybridized carbons (Fsp3) is 0.143. The molecule has 2 rings (SSSR count). The van der Waals surface area contributed by atoms with Crippen LogP contribution in [-0.4, -0.2) is 7.11 Å². The van der Waals surface area contributed by atoms with Gasteiger partial charge in [0, 0.05) is 23.3 Å². The van der Waals surface area contributed by atoms with E-state index in [2.05, 4.69) is 5.32 Å². The molecule has 0 unspecified atom stereocenters. The molecule has 0 saturated heterocycles. The molecule has 0 aliphatic heterocycles. The molecule has 0 aromatic heterocycles. The molecule has 0 heterocycles. The van der Waals surface area contributed by atoms with E-state index in [0.717, 1.165) is 17.0 Å². The summed E-state index contributed by atoms with van der Waals surface area (Å²) >= 11 is 5.99. The normalized spacial score (nSPS) is 10.2. The first-order chi connectivity index (χ1) is 8.69. The lowest BCUT2D eigenvalue weighted by atomic mass is 10.2. The van der Waals surface area contributed by atoms with Crippen LogP contribution in [0.4, 0.5) is 10.1 Å². The molecule has 0 saturated carbocycles. The summed E-state index contributed by atoms with van der Waals surface area (Å²) in [5, 5.41) is 3.72. The minimum atomic E-state index is -0.290. The van der Waals surface area contributed by atoms with Gasteiger partial charge in [0.15, 0.2) is 0 Å². The van der Waals surface area contributed by atoms with Gasteiger partial charge in [-0.15, -0.1) is 0 Å². The zero-order chi connectivity index (χ0) is 13.0. The number of anilines is 1. The minimum absolute atomic E-state index is 0.290. The third kappa shape index (κ3) is 3.14. The van der Waals surface area contributed by atoms with Gasteiger partial charge in [-0.05, 0) is 35.9 Å². The van der Waals surface area contributed by atoms with Crippen LogP contribution in [0.5, 0.6) is 5.75 Å². The van der Waals surface area contributed by atoms with Crippen LogP contribution in [0.3, 0.4) is 0 Å². The average Bonchev–Trinajstić information content (AvgIpc) is 2.40. The number of rotatable bonds is 4. The van der Waals surface area contributed by atoms with Gasteiger partial charge in [0.2, 0.25) is 0 Å². The fourth-order valence-corrected chi connectivity index (χ4v) is 1.79. The van der Waals surface area contributed by atoms with Gasteiger partial charge in [0.1, 0.15) is 11.6 Å². The molecule has 94 valence electrons. The second-order valence-corrected chi connectivity index (χ2v) is 4.23. The third-order valence-corrected chi connectivity index (χ3v) is 2.93. The lowest BCUT2D eigenvalue weighted by Crippen LogP contribution is -2.00. The Balaban J connectivity index is 2.08. The highest BCUT2D eigenvalue weighted by Gasteiger charge is 2.02. The Kier molecular flexibility index (Phi) is 4.05. The number of hydrogen-bond acceptors (Lipinski definition) is 2. The average molecular weight is 266 g/mol. The smallest absolute Gasteiger partial charge is 0.123 e. The Labute approximate surface area is 110 Å². The highest BCUT2D eigenvalue weighted by molar-refractivity contribution is 6.31. The van der Waals surface area contributed by atoms with Crippen molar-refractivity contribution in [2.75, 3.05) is 12.4 Å². The molecule has 0 radical (unpaired) electrons. The van der Waals surface area contributed by atoms with Crippen LogP contribution in [0.2, 0.25) is 5.02 Å². The molecule has 4 heteroatoms. The van der Waals surface area contributed by atoms with Crippen molar-refractivity contribution >= 4 is 17.3 Å². The fourth-order valence-electron chi connectivity index (χ4n) is 1.61. The maximum atomic E-state index is 13.1. The van der Waals surface area contributed by atoms with Crippen LogP contribution in [0.25, 0.3) is 0 Å². The number of ether oxygens (including phenoxy) is 1. The Bertz CT molecular complexity index is 545. The van der Waals surface area contributed by atoms with E-state index in [-0.39, 0.29) is 5.82 Å². The molecule has 0 spiro atoms. The summed E-state index contributed by atoms with van der Waals surface area (Å²) < 4.78 is 18.2. The van der Waals surface area contributed by atoms with E-state index in [4.69, 9.17) is 16.3 Å². The van der Waals surface area contributed by atoms with Crippen molar-refractivity contribution in [3.05, 3.63) is 58.9 Å². The molecular formula is C14H13ClFNO. The predicted octanol–water partition coefficient (Wildman–Crippen LogP) is 4.10. The first-order valence-corrected chi connectivity index (χ1v) is 5.88. The van der Waals surface area contributed by atoms with Crippen molar-refractivity contribution in [3.63, 3.8) is 0 Å². The SMILES string of the molecule is COc1cccc(NCc2cc(F)ccc2Cl)c1. The van der Waals surface area contributed by atoms with E-state index in [1.165, 1.54) is 12.1 Å². The molecule has 0 aliphatic carbocycles. The second-order valence-electron chi connectivity index (χ2n) is 3.82. The van der Waals surface area contributed by atoms with Crippen LogP contribution in [0.1, 0.15) is 5.56 Å². The molecule has 18 heavy (non-hydrogen) atoms. The van der Waals surface area contributed by atoms with Gasteiger partial charge in [-0.2, -0.15) is 0 Å². The lowest BCUT2D eigenvalue weighted by molar-refractivity contribution is 0.415.